The van der Waals surface area contributed by atoms with Gasteiger partial charge >= 0.3 is 29.8 Å². The van der Waals surface area contributed by atoms with Gasteiger partial charge in [0.25, 0.3) is 0 Å². The Bertz CT molecular complexity index is 600. The van der Waals surface area contributed by atoms with Gasteiger partial charge in [0.15, 0.2) is 6.10 Å². The summed E-state index contributed by atoms with van der Waals surface area (Å²) in [5.74, 6) is -5.44. The first-order chi connectivity index (χ1) is 12.4. The lowest BCUT2D eigenvalue weighted by atomic mass is 9.98. The molecule has 1 N–H and O–H groups in total. The lowest BCUT2D eigenvalue weighted by Gasteiger charge is -2.45. The average molecular weight is 389 g/mol. The SMILES string of the molecule is CC(=O)N[C@@]1(OC(C)=O)C[C@@H](OC(C)=O)[C@@H](OC(C)=O)[C@@H](COC(C)=O)O1. The Hall–Kier alpha value is -2.69. The Balaban J connectivity index is 3.29. The van der Waals surface area contributed by atoms with Crippen LogP contribution in [0.15, 0.2) is 0 Å². The molecule has 1 fully saturated rings. The van der Waals surface area contributed by atoms with Crippen molar-refractivity contribution in [3.05, 3.63) is 0 Å². The fraction of sp³-hybridized carbons (Fsp3) is 0.688. The Morgan fingerprint density at radius 1 is 0.926 bits per heavy atom. The van der Waals surface area contributed by atoms with Gasteiger partial charge in [-0.2, -0.15) is 0 Å². The molecule has 1 aliphatic rings. The first kappa shape index (κ1) is 22.4. The van der Waals surface area contributed by atoms with Crippen LogP contribution in [0.1, 0.15) is 41.0 Å². The van der Waals surface area contributed by atoms with Crippen LogP contribution in [0.4, 0.5) is 0 Å². The highest BCUT2D eigenvalue weighted by Gasteiger charge is 2.53. The molecule has 0 aromatic heterocycles. The minimum Gasteiger partial charge on any atom is -0.463 e. The van der Waals surface area contributed by atoms with Gasteiger partial charge in [-0.1, -0.05) is 0 Å². The van der Waals surface area contributed by atoms with E-state index in [1.54, 1.807) is 0 Å². The molecule has 0 unspecified atom stereocenters. The Morgan fingerprint density at radius 3 is 1.96 bits per heavy atom. The normalized spacial score (nSPS) is 27.1. The topological polar surface area (TPSA) is 144 Å². The second kappa shape index (κ2) is 9.31. The van der Waals surface area contributed by atoms with Crippen LogP contribution >= 0.6 is 0 Å². The van der Waals surface area contributed by atoms with E-state index in [0.717, 1.165) is 34.6 Å². The first-order valence-electron chi connectivity index (χ1n) is 8.08. The molecule has 0 bridgehead atoms. The third-order valence-electron chi connectivity index (χ3n) is 3.29. The summed E-state index contributed by atoms with van der Waals surface area (Å²) in [6.45, 7) is 5.26. The van der Waals surface area contributed by atoms with Crippen LogP contribution in [0, 0.1) is 0 Å². The van der Waals surface area contributed by atoms with E-state index >= 15 is 0 Å². The molecule has 1 rings (SSSR count). The molecule has 1 aliphatic heterocycles. The van der Waals surface area contributed by atoms with Crippen LogP contribution in [0.5, 0.6) is 0 Å². The van der Waals surface area contributed by atoms with E-state index in [9.17, 15) is 24.0 Å². The maximum atomic E-state index is 11.6. The van der Waals surface area contributed by atoms with Gasteiger partial charge in [0.05, 0.1) is 6.42 Å². The molecule has 0 aromatic carbocycles. The van der Waals surface area contributed by atoms with E-state index in [-0.39, 0.29) is 6.42 Å². The highest BCUT2D eigenvalue weighted by Crippen LogP contribution is 2.33. The summed E-state index contributed by atoms with van der Waals surface area (Å²) in [6, 6.07) is 0. The third kappa shape index (κ3) is 7.21. The van der Waals surface area contributed by atoms with Gasteiger partial charge in [-0.25, -0.2) is 0 Å². The van der Waals surface area contributed by atoms with Crippen molar-refractivity contribution >= 4 is 29.8 Å². The van der Waals surface area contributed by atoms with Crippen molar-refractivity contribution in [1.82, 2.24) is 5.32 Å². The smallest absolute Gasteiger partial charge is 0.306 e. The molecule has 0 spiro atoms. The summed E-state index contributed by atoms with van der Waals surface area (Å²) < 4.78 is 26.0. The van der Waals surface area contributed by atoms with Crippen LogP contribution in [-0.2, 0) is 47.7 Å². The fourth-order valence-electron chi connectivity index (χ4n) is 2.65. The quantitative estimate of drug-likeness (QED) is 0.360. The molecular formula is C16H23NO10. The van der Waals surface area contributed by atoms with Crippen molar-refractivity contribution in [3.63, 3.8) is 0 Å². The van der Waals surface area contributed by atoms with E-state index in [1.807, 2.05) is 0 Å². The number of carbonyl (C=O) groups excluding carboxylic acids is 5. The molecule has 1 heterocycles. The molecule has 0 saturated carbocycles. The lowest BCUT2D eigenvalue weighted by Crippen LogP contribution is -2.65. The highest BCUT2D eigenvalue weighted by atomic mass is 16.8. The average Bonchev–Trinajstić information content (AvgIpc) is 2.45. The Kier molecular flexibility index (Phi) is 7.70. The Labute approximate surface area is 155 Å². The van der Waals surface area contributed by atoms with E-state index in [2.05, 4.69) is 5.32 Å². The summed E-state index contributed by atoms with van der Waals surface area (Å²) >= 11 is 0. The molecule has 11 heteroatoms. The zero-order chi connectivity index (χ0) is 20.8. The van der Waals surface area contributed by atoms with Crippen molar-refractivity contribution in [2.45, 2.75) is 65.3 Å². The molecule has 4 atom stereocenters. The minimum absolute atomic E-state index is 0.347. The molecule has 1 saturated heterocycles. The number of carbonyl (C=O) groups is 5. The van der Waals surface area contributed by atoms with E-state index in [1.165, 1.54) is 0 Å². The zero-order valence-corrected chi connectivity index (χ0v) is 15.7. The summed E-state index contributed by atoms with van der Waals surface area (Å²) in [5.41, 5.74) is 0. The third-order valence-corrected chi connectivity index (χ3v) is 3.29. The van der Waals surface area contributed by atoms with Crippen molar-refractivity contribution < 1.29 is 47.7 Å². The van der Waals surface area contributed by atoms with Crippen LogP contribution in [0.2, 0.25) is 0 Å². The van der Waals surface area contributed by atoms with Crippen molar-refractivity contribution in [2.24, 2.45) is 0 Å². The van der Waals surface area contributed by atoms with E-state index < -0.39 is 60.6 Å². The van der Waals surface area contributed by atoms with Gasteiger partial charge < -0.3 is 23.7 Å². The summed E-state index contributed by atoms with van der Waals surface area (Å²) in [4.78, 5) is 57.2. The Morgan fingerprint density at radius 2 is 1.52 bits per heavy atom. The van der Waals surface area contributed by atoms with Gasteiger partial charge in [-0.3, -0.25) is 29.3 Å². The second-order valence-electron chi connectivity index (χ2n) is 5.91. The van der Waals surface area contributed by atoms with Crippen molar-refractivity contribution in [1.29, 1.82) is 0 Å². The maximum absolute atomic E-state index is 11.6. The largest absolute Gasteiger partial charge is 0.463 e. The van der Waals surface area contributed by atoms with Gasteiger partial charge in [-0.05, 0) is 0 Å². The molecular weight excluding hydrogens is 366 g/mol. The van der Waals surface area contributed by atoms with Gasteiger partial charge in [0.1, 0.15) is 18.8 Å². The lowest BCUT2D eigenvalue weighted by molar-refractivity contribution is -0.322. The van der Waals surface area contributed by atoms with Crippen molar-refractivity contribution in [3.8, 4) is 0 Å². The van der Waals surface area contributed by atoms with Gasteiger partial charge in [0, 0.05) is 34.6 Å². The molecule has 0 aromatic rings. The molecule has 0 aliphatic carbocycles. The molecule has 152 valence electrons. The number of esters is 4. The van der Waals surface area contributed by atoms with Crippen LogP contribution in [-0.4, -0.2) is 60.6 Å². The molecule has 1 amide bonds. The maximum Gasteiger partial charge on any atom is 0.306 e. The number of ether oxygens (including phenoxy) is 5. The standard InChI is InChI=1S/C16H23NO10/c1-8(18)17-16(26-12(5)22)6-13(24-10(3)20)15(25-11(4)21)14(27-16)7-23-9(2)19/h13-15H,6-7H2,1-5H3,(H,17,18)/t13-,14-,15-,16-/m1/s1. The summed E-state index contributed by atoms with van der Waals surface area (Å²) in [5, 5.41) is 2.34. The van der Waals surface area contributed by atoms with Gasteiger partial charge in [-0.15, -0.1) is 0 Å². The number of amides is 1. The first-order valence-corrected chi connectivity index (χ1v) is 8.08. The van der Waals surface area contributed by atoms with E-state index in [4.69, 9.17) is 23.7 Å². The summed E-state index contributed by atoms with van der Waals surface area (Å²) in [6.07, 6.45) is -3.85. The minimum atomic E-state index is -2.00. The predicted octanol–water partition coefficient (Wildman–Crippen LogP) is -0.445. The number of nitrogens with one attached hydrogen (secondary N) is 1. The van der Waals surface area contributed by atoms with E-state index in [0.29, 0.717) is 0 Å². The molecule has 27 heavy (non-hydrogen) atoms. The highest BCUT2D eigenvalue weighted by molar-refractivity contribution is 5.74. The van der Waals surface area contributed by atoms with Crippen molar-refractivity contribution in [2.75, 3.05) is 6.61 Å². The number of hydrogen-bond donors (Lipinski definition) is 1. The number of hydrogen-bond acceptors (Lipinski definition) is 10. The molecule has 0 radical (unpaired) electrons. The van der Waals surface area contributed by atoms with Crippen LogP contribution < -0.4 is 5.32 Å². The van der Waals surface area contributed by atoms with Crippen LogP contribution in [0.25, 0.3) is 0 Å². The fourth-order valence-corrected chi connectivity index (χ4v) is 2.65. The van der Waals surface area contributed by atoms with Gasteiger partial charge in [0.2, 0.25) is 5.91 Å². The molecule has 11 nitrogen and oxygen atoms in total. The summed E-state index contributed by atoms with van der Waals surface area (Å²) in [7, 11) is 0. The second-order valence-corrected chi connectivity index (χ2v) is 5.91. The zero-order valence-electron chi connectivity index (χ0n) is 15.7. The predicted molar refractivity (Wildman–Crippen MR) is 85.5 cm³/mol. The number of rotatable bonds is 6. The monoisotopic (exact) mass is 389 g/mol. The van der Waals surface area contributed by atoms with Crippen LogP contribution in [0.3, 0.4) is 0 Å².